The van der Waals surface area contributed by atoms with E-state index in [1.54, 1.807) is 17.3 Å². The summed E-state index contributed by atoms with van der Waals surface area (Å²) in [6.45, 7) is 2.60. The molecule has 0 radical (unpaired) electrons. The van der Waals surface area contributed by atoms with Crippen LogP contribution in [0.25, 0.3) is 0 Å². The molecule has 1 unspecified atom stereocenters. The van der Waals surface area contributed by atoms with Gasteiger partial charge in [0.1, 0.15) is 0 Å². The van der Waals surface area contributed by atoms with Crippen molar-refractivity contribution in [1.29, 1.82) is 0 Å². The van der Waals surface area contributed by atoms with Gasteiger partial charge in [-0.1, -0.05) is 0 Å². The number of amides is 1. The minimum atomic E-state index is 0.169. The van der Waals surface area contributed by atoms with Gasteiger partial charge < -0.3 is 10.6 Å². The van der Waals surface area contributed by atoms with E-state index in [0.717, 1.165) is 18.4 Å². The molecular weight excluding hydrogens is 214 g/mol. The van der Waals surface area contributed by atoms with Crippen molar-refractivity contribution in [3.05, 3.63) is 30.1 Å². The zero-order valence-corrected chi connectivity index (χ0v) is 10.6. The number of aromatic nitrogens is 1. The van der Waals surface area contributed by atoms with Crippen molar-refractivity contribution in [3.63, 3.8) is 0 Å². The van der Waals surface area contributed by atoms with Crippen LogP contribution in [0.1, 0.15) is 31.7 Å². The van der Waals surface area contributed by atoms with Gasteiger partial charge in [0, 0.05) is 38.4 Å². The van der Waals surface area contributed by atoms with Crippen LogP contribution >= 0.6 is 0 Å². The van der Waals surface area contributed by atoms with Crippen molar-refractivity contribution in [3.8, 4) is 0 Å². The molecule has 1 aromatic rings. The highest BCUT2D eigenvalue weighted by Gasteiger charge is 2.09. The lowest BCUT2D eigenvalue weighted by molar-refractivity contribution is -0.130. The van der Waals surface area contributed by atoms with Gasteiger partial charge >= 0.3 is 0 Å². The number of hydrogen-bond acceptors (Lipinski definition) is 3. The minimum Gasteiger partial charge on any atom is -0.341 e. The predicted octanol–water partition coefficient (Wildman–Crippen LogP) is 1.56. The van der Waals surface area contributed by atoms with E-state index in [1.807, 2.05) is 26.1 Å². The van der Waals surface area contributed by atoms with Gasteiger partial charge in [0.05, 0.1) is 0 Å². The molecule has 0 saturated carbocycles. The summed E-state index contributed by atoms with van der Waals surface area (Å²) in [6, 6.07) is 4.02. The Kier molecular flexibility index (Phi) is 5.63. The summed E-state index contributed by atoms with van der Waals surface area (Å²) in [6.07, 6.45) is 5.81. The molecule has 17 heavy (non-hydrogen) atoms. The molecule has 1 aromatic heterocycles. The van der Waals surface area contributed by atoms with E-state index in [9.17, 15) is 4.79 Å². The van der Waals surface area contributed by atoms with Gasteiger partial charge in [-0.3, -0.25) is 9.78 Å². The molecule has 1 heterocycles. The molecule has 2 N–H and O–H groups in total. The first kappa shape index (κ1) is 13.6. The monoisotopic (exact) mass is 235 g/mol. The maximum absolute atomic E-state index is 11.8. The zero-order chi connectivity index (χ0) is 12.7. The molecule has 0 aliphatic rings. The fourth-order valence-corrected chi connectivity index (χ4v) is 1.62. The Balaban J connectivity index is 2.32. The predicted molar refractivity (Wildman–Crippen MR) is 68.2 cm³/mol. The number of carbonyl (C=O) groups excluding carboxylic acids is 1. The molecule has 1 atom stereocenters. The van der Waals surface area contributed by atoms with E-state index in [0.29, 0.717) is 13.0 Å². The van der Waals surface area contributed by atoms with E-state index < -0.39 is 0 Å². The Labute approximate surface area is 103 Å². The van der Waals surface area contributed by atoms with Crippen molar-refractivity contribution >= 4 is 5.91 Å². The van der Waals surface area contributed by atoms with Crippen LogP contribution in [0.4, 0.5) is 0 Å². The normalized spacial score (nSPS) is 12.2. The number of pyridine rings is 1. The van der Waals surface area contributed by atoms with E-state index >= 15 is 0 Å². The molecule has 0 bridgehead atoms. The molecule has 0 spiro atoms. The Morgan fingerprint density at radius 1 is 1.47 bits per heavy atom. The average molecular weight is 235 g/mol. The SMILES string of the molecule is CC(N)CCCC(=O)N(C)Cc1ccncc1. The van der Waals surface area contributed by atoms with Crippen LogP contribution in [-0.4, -0.2) is 28.9 Å². The van der Waals surface area contributed by atoms with Crippen LogP contribution in [0.5, 0.6) is 0 Å². The number of rotatable bonds is 6. The van der Waals surface area contributed by atoms with E-state index in [-0.39, 0.29) is 11.9 Å². The molecule has 0 fully saturated rings. The fraction of sp³-hybridized carbons (Fsp3) is 0.538. The molecule has 1 rings (SSSR count). The second-order valence-electron chi connectivity index (χ2n) is 4.47. The molecule has 0 saturated heterocycles. The number of nitrogens with zero attached hydrogens (tertiary/aromatic N) is 2. The van der Waals surface area contributed by atoms with Gasteiger partial charge in [-0.05, 0) is 37.5 Å². The van der Waals surface area contributed by atoms with E-state index in [2.05, 4.69) is 4.98 Å². The van der Waals surface area contributed by atoms with Crippen molar-refractivity contribution in [2.75, 3.05) is 7.05 Å². The first-order valence-corrected chi connectivity index (χ1v) is 5.98. The summed E-state index contributed by atoms with van der Waals surface area (Å²) < 4.78 is 0. The Morgan fingerprint density at radius 3 is 2.71 bits per heavy atom. The van der Waals surface area contributed by atoms with Crippen LogP contribution in [0, 0.1) is 0 Å². The van der Waals surface area contributed by atoms with Crippen LogP contribution in [0.2, 0.25) is 0 Å². The van der Waals surface area contributed by atoms with E-state index in [1.165, 1.54) is 0 Å². The molecule has 4 nitrogen and oxygen atoms in total. The smallest absolute Gasteiger partial charge is 0.222 e. The van der Waals surface area contributed by atoms with Crippen LogP contribution < -0.4 is 5.73 Å². The highest BCUT2D eigenvalue weighted by molar-refractivity contribution is 5.75. The molecule has 4 heteroatoms. The summed E-state index contributed by atoms with van der Waals surface area (Å²) in [7, 11) is 1.83. The van der Waals surface area contributed by atoms with Gasteiger partial charge in [-0.2, -0.15) is 0 Å². The zero-order valence-electron chi connectivity index (χ0n) is 10.6. The van der Waals surface area contributed by atoms with Crippen LogP contribution in [-0.2, 0) is 11.3 Å². The maximum atomic E-state index is 11.8. The number of nitrogens with two attached hydrogens (primary N) is 1. The lowest BCUT2D eigenvalue weighted by Gasteiger charge is -2.17. The third-order valence-corrected chi connectivity index (χ3v) is 2.64. The highest BCUT2D eigenvalue weighted by Crippen LogP contribution is 2.06. The van der Waals surface area contributed by atoms with Crippen molar-refractivity contribution in [2.24, 2.45) is 5.73 Å². The van der Waals surface area contributed by atoms with Crippen molar-refractivity contribution in [1.82, 2.24) is 9.88 Å². The summed E-state index contributed by atoms with van der Waals surface area (Å²) in [5.41, 5.74) is 6.75. The lowest BCUT2D eigenvalue weighted by Crippen LogP contribution is -2.26. The molecule has 1 amide bonds. The summed E-state index contributed by atoms with van der Waals surface area (Å²) >= 11 is 0. The summed E-state index contributed by atoms with van der Waals surface area (Å²) in [5.74, 6) is 0.169. The summed E-state index contributed by atoms with van der Waals surface area (Å²) in [5, 5.41) is 0. The number of carbonyl (C=O) groups is 1. The van der Waals surface area contributed by atoms with Crippen molar-refractivity contribution in [2.45, 2.75) is 38.8 Å². The highest BCUT2D eigenvalue weighted by atomic mass is 16.2. The first-order chi connectivity index (χ1) is 8.09. The molecule has 0 aliphatic carbocycles. The number of hydrogen-bond donors (Lipinski definition) is 1. The second kappa shape index (κ2) is 7.01. The second-order valence-corrected chi connectivity index (χ2v) is 4.47. The standard InChI is InChI=1S/C13H21N3O/c1-11(14)4-3-5-13(17)16(2)10-12-6-8-15-9-7-12/h6-9,11H,3-5,10,14H2,1-2H3. The van der Waals surface area contributed by atoms with Crippen LogP contribution in [0.3, 0.4) is 0 Å². The Morgan fingerprint density at radius 2 is 2.12 bits per heavy atom. The molecule has 0 aromatic carbocycles. The molecule has 0 aliphatic heterocycles. The van der Waals surface area contributed by atoms with Gasteiger partial charge in [0.25, 0.3) is 0 Å². The minimum absolute atomic E-state index is 0.169. The van der Waals surface area contributed by atoms with Crippen LogP contribution in [0.15, 0.2) is 24.5 Å². The van der Waals surface area contributed by atoms with Gasteiger partial charge in [0.15, 0.2) is 0 Å². The Bertz CT molecular complexity index is 338. The topological polar surface area (TPSA) is 59.2 Å². The molecule has 94 valence electrons. The lowest BCUT2D eigenvalue weighted by atomic mass is 10.1. The van der Waals surface area contributed by atoms with Gasteiger partial charge in [0.2, 0.25) is 5.91 Å². The van der Waals surface area contributed by atoms with Gasteiger partial charge in [-0.25, -0.2) is 0 Å². The Hall–Kier alpha value is -1.42. The maximum Gasteiger partial charge on any atom is 0.222 e. The third kappa shape index (κ3) is 5.45. The molecular formula is C13H21N3O. The fourth-order valence-electron chi connectivity index (χ4n) is 1.62. The quantitative estimate of drug-likeness (QED) is 0.814. The van der Waals surface area contributed by atoms with Gasteiger partial charge in [-0.15, -0.1) is 0 Å². The summed E-state index contributed by atoms with van der Waals surface area (Å²) in [4.78, 5) is 17.5. The third-order valence-electron chi connectivity index (χ3n) is 2.64. The van der Waals surface area contributed by atoms with Crippen molar-refractivity contribution < 1.29 is 4.79 Å². The van der Waals surface area contributed by atoms with E-state index in [4.69, 9.17) is 5.73 Å². The largest absolute Gasteiger partial charge is 0.341 e. The average Bonchev–Trinajstić information content (AvgIpc) is 2.29. The first-order valence-electron chi connectivity index (χ1n) is 5.98.